The minimum Gasteiger partial charge on any atom is -0.496 e. The zero-order chi connectivity index (χ0) is 14.8. The maximum absolute atomic E-state index is 10.8. The summed E-state index contributed by atoms with van der Waals surface area (Å²) in [6.07, 6.45) is 5.14. The van der Waals surface area contributed by atoms with Gasteiger partial charge in [-0.3, -0.25) is 0 Å². The molecule has 2 aliphatic rings. The van der Waals surface area contributed by atoms with Crippen molar-refractivity contribution in [3.8, 4) is 11.5 Å². The Hall–Kier alpha value is -1.26. The molecule has 2 N–H and O–H groups in total. The van der Waals surface area contributed by atoms with E-state index in [2.05, 4.69) is 12.2 Å². The van der Waals surface area contributed by atoms with Crippen LogP contribution in [0.15, 0.2) is 12.1 Å². The summed E-state index contributed by atoms with van der Waals surface area (Å²) in [4.78, 5) is 0. The van der Waals surface area contributed by atoms with Gasteiger partial charge in [-0.1, -0.05) is 12.8 Å². The van der Waals surface area contributed by atoms with Crippen molar-refractivity contribution in [2.24, 2.45) is 0 Å². The van der Waals surface area contributed by atoms with Gasteiger partial charge in [0.15, 0.2) is 0 Å². The lowest BCUT2D eigenvalue weighted by atomic mass is 9.96. The topological polar surface area (TPSA) is 50.7 Å². The molecule has 0 spiro atoms. The molecule has 3 unspecified atom stereocenters. The Kier molecular flexibility index (Phi) is 4.36. The first-order chi connectivity index (χ1) is 10.2. The summed E-state index contributed by atoms with van der Waals surface area (Å²) < 4.78 is 11.3. The van der Waals surface area contributed by atoms with E-state index in [0.717, 1.165) is 42.9 Å². The fraction of sp³-hybridized carbons (Fsp3) is 0.647. The van der Waals surface area contributed by atoms with Gasteiger partial charge < -0.3 is 19.9 Å². The number of fused-ring (bicyclic) bond motifs is 1. The third kappa shape index (κ3) is 3.01. The highest BCUT2D eigenvalue weighted by Crippen LogP contribution is 2.39. The monoisotopic (exact) mass is 291 g/mol. The first-order valence-corrected chi connectivity index (χ1v) is 7.98. The van der Waals surface area contributed by atoms with Crippen LogP contribution in [0.3, 0.4) is 0 Å². The van der Waals surface area contributed by atoms with E-state index < -0.39 is 6.10 Å². The molecule has 1 fully saturated rings. The molecule has 116 valence electrons. The molecule has 3 atom stereocenters. The Morgan fingerprint density at radius 3 is 3.00 bits per heavy atom. The summed E-state index contributed by atoms with van der Waals surface area (Å²) in [5, 5.41) is 14.2. The van der Waals surface area contributed by atoms with Crippen LogP contribution in [0.2, 0.25) is 0 Å². The minimum absolute atomic E-state index is 0.0956. The number of rotatable bonds is 3. The van der Waals surface area contributed by atoms with Crippen molar-refractivity contribution in [1.82, 2.24) is 5.32 Å². The van der Waals surface area contributed by atoms with Gasteiger partial charge in [0, 0.05) is 23.6 Å². The molecule has 0 bridgehead atoms. The standard InChI is InChI=1S/C17H25NO3/c1-11-8-12-9-16(20-2)13(10-15(12)21-11)17(19)14-6-4-3-5-7-18-14/h9-11,14,17-19H,3-8H2,1-2H3. The van der Waals surface area contributed by atoms with E-state index in [4.69, 9.17) is 9.47 Å². The van der Waals surface area contributed by atoms with E-state index in [-0.39, 0.29) is 12.1 Å². The summed E-state index contributed by atoms with van der Waals surface area (Å²) in [6, 6.07) is 4.08. The molecule has 0 radical (unpaired) electrons. The van der Waals surface area contributed by atoms with Crippen LogP contribution in [-0.4, -0.2) is 30.9 Å². The van der Waals surface area contributed by atoms with Crippen LogP contribution >= 0.6 is 0 Å². The normalized spacial score (nSPS) is 26.6. The fourth-order valence-corrected chi connectivity index (χ4v) is 3.40. The van der Waals surface area contributed by atoms with E-state index in [9.17, 15) is 5.11 Å². The predicted octanol–water partition coefficient (Wildman–Crippen LogP) is 2.58. The van der Waals surface area contributed by atoms with Gasteiger partial charge in [-0.25, -0.2) is 0 Å². The van der Waals surface area contributed by atoms with Gasteiger partial charge in [0.25, 0.3) is 0 Å². The summed E-state index contributed by atoms with van der Waals surface area (Å²) in [5.41, 5.74) is 2.01. The zero-order valence-electron chi connectivity index (χ0n) is 12.9. The van der Waals surface area contributed by atoms with Gasteiger partial charge in [0.05, 0.1) is 13.2 Å². The summed E-state index contributed by atoms with van der Waals surface area (Å²) in [5.74, 6) is 1.66. The van der Waals surface area contributed by atoms with Gasteiger partial charge in [0.2, 0.25) is 0 Å². The van der Waals surface area contributed by atoms with Crippen molar-refractivity contribution in [3.05, 3.63) is 23.3 Å². The average molecular weight is 291 g/mol. The third-order valence-electron chi connectivity index (χ3n) is 4.55. The lowest BCUT2D eigenvalue weighted by Gasteiger charge is -2.24. The second kappa shape index (κ2) is 6.24. The molecule has 3 rings (SSSR count). The molecule has 0 aromatic heterocycles. The van der Waals surface area contributed by atoms with E-state index >= 15 is 0 Å². The molecule has 1 aromatic carbocycles. The maximum Gasteiger partial charge on any atom is 0.125 e. The van der Waals surface area contributed by atoms with E-state index in [1.807, 2.05) is 12.1 Å². The highest BCUT2D eigenvalue weighted by atomic mass is 16.5. The van der Waals surface area contributed by atoms with Crippen molar-refractivity contribution in [2.45, 2.75) is 57.3 Å². The first-order valence-electron chi connectivity index (χ1n) is 7.98. The minimum atomic E-state index is -0.553. The number of benzene rings is 1. The van der Waals surface area contributed by atoms with Gasteiger partial charge in [-0.15, -0.1) is 0 Å². The number of hydrogen-bond acceptors (Lipinski definition) is 4. The number of aliphatic hydroxyl groups excluding tert-OH is 1. The van der Waals surface area contributed by atoms with Crippen LogP contribution in [0.5, 0.6) is 11.5 Å². The number of ether oxygens (including phenoxy) is 2. The number of nitrogens with one attached hydrogen (secondary N) is 1. The molecule has 0 aliphatic carbocycles. The van der Waals surface area contributed by atoms with Gasteiger partial charge in [-0.2, -0.15) is 0 Å². The first kappa shape index (κ1) is 14.7. The lowest BCUT2D eigenvalue weighted by Crippen LogP contribution is -2.34. The van der Waals surface area contributed by atoms with Crippen LogP contribution in [0.1, 0.15) is 49.8 Å². The predicted molar refractivity (Wildman–Crippen MR) is 82.0 cm³/mol. The number of hydrogen-bond donors (Lipinski definition) is 2. The molecular formula is C17H25NO3. The van der Waals surface area contributed by atoms with Crippen molar-refractivity contribution in [1.29, 1.82) is 0 Å². The Bertz CT molecular complexity index is 495. The Balaban J connectivity index is 1.88. The maximum atomic E-state index is 10.8. The Labute approximate surface area is 126 Å². The van der Waals surface area contributed by atoms with Crippen molar-refractivity contribution >= 4 is 0 Å². The second-order valence-electron chi connectivity index (χ2n) is 6.19. The molecule has 0 amide bonds. The Morgan fingerprint density at radius 1 is 1.33 bits per heavy atom. The Morgan fingerprint density at radius 2 is 2.19 bits per heavy atom. The van der Waals surface area contributed by atoms with Crippen LogP contribution in [0, 0.1) is 0 Å². The van der Waals surface area contributed by atoms with Crippen LogP contribution in [-0.2, 0) is 6.42 Å². The highest BCUT2D eigenvalue weighted by molar-refractivity contribution is 5.49. The average Bonchev–Trinajstić information content (AvgIpc) is 2.68. The molecule has 4 nitrogen and oxygen atoms in total. The second-order valence-corrected chi connectivity index (χ2v) is 6.19. The lowest BCUT2D eigenvalue weighted by molar-refractivity contribution is 0.122. The molecule has 0 saturated carbocycles. The summed E-state index contributed by atoms with van der Waals surface area (Å²) in [6.45, 7) is 3.04. The van der Waals surface area contributed by atoms with Crippen molar-refractivity contribution < 1.29 is 14.6 Å². The number of methoxy groups -OCH3 is 1. The van der Waals surface area contributed by atoms with Crippen LogP contribution in [0.4, 0.5) is 0 Å². The van der Waals surface area contributed by atoms with Crippen molar-refractivity contribution in [3.63, 3.8) is 0 Å². The van der Waals surface area contributed by atoms with Crippen LogP contribution in [0.25, 0.3) is 0 Å². The molecule has 1 saturated heterocycles. The van der Waals surface area contributed by atoms with E-state index in [0.29, 0.717) is 0 Å². The largest absolute Gasteiger partial charge is 0.496 e. The van der Waals surface area contributed by atoms with Gasteiger partial charge >= 0.3 is 0 Å². The third-order valence-corrected chi connectivity index (χ3v) is 4.55. The van der Waals surface area contributed by atoms with Crippen LogP contribution < -0.4 is 14.8 Å². The van der Waals surface area contributed by atoms with E-state index in [1.54, 1.807) is 7.11 Å². The smallest absolute Gasteiger partial charge is 0.125 e. The highest BCUT2D eigenvalue weighted by Gasteiger charge is 2.28. The molecular weight excluding hydrogens is 266 g/mol. The molecule has 1 aromatic rings. The van der Waals surface area contributed by atoms with Crippen molar-refractivity contribution in [2.75, 3.05) is 13.7 Å². The van der Waals surface area contributed by atoms with Gasteiger partial charge in [-0.05, 0) is 38.4 Å². The molecule has 4 heteroatoms. The summed E-state index contributed by atoms with van der Waals surface area (Å²) >= 11 is 0. The SMILES string of the molecule is COc1cc2c(cc1C(O)C1CCCCCN1)OC(C)C2. The number of aliphatic hydroxyl groups is 1. The molecule has 2 heterocycles. The summed E-state index contributed by atoms with van der Waals surface area (Å²) in [7, 11) is 1.66. The fourth-order valence-electron chi connectivity index (χ4n) is 3.40. The molecule has 2 aliphatic heterocycles. The molecule has 21 heavy (non-hydrogen) atoms. The quantitative estimate of drug-likeness (QED) is 0.899. The van der Waals surface area contributed by atoms with E-state index in [1.165, 1.54) is 18.4 Å². The van der Waals surface area contributed by atoms with Gasteiger partial charge in [0.1, 0.15) is 17.6 Å². The zero-order valence-corrected chi connectivity index (χ0v) is 12.9.